The molecule has 0 aliphatic carbocycles. The van der Waals surface area contributed by atoms with Crippen LogP contribution in [-0.4, -0.2) is 41.7 Å². The van der Waals surface area contributed by atoms with E-state index in [9.17, 15) is 13.2 Å². The molecule has 0 spiro atoms. The smallest absolute Gasteiger partial charge is 0.252 e. The molecule has 0 radical (unpaired) electrons. The molecule has 0 bridgehead atoms. The van der Waals surface area contributed by atoms with Gasteiger partial charge in [-0.1, -0.05) is 46.7 Å². The minimum absolute atomic E-state index is 0.0831. The van der Waals surface area contributed by atoms with E-state index in [2.05, 4.69) is 9.97 Å². The number of hydrogen-bond acceptors (Lipinski definition) is 7. The Balaban J connectivity index is 1.38. The minimum atomic E-state index is -3.62. The second kappa shape index (κ2) is 10.1. The fourth-order valence-corrected chi connectivity index (χ4v) is 8.44. The summed E-state index contributed by atoms with van der Waals surface area (Å²) in [7, 11) is -3.62. The van der Waals surface area contributed by atoms with Crippen LogP contribution in [0.15, 0.2) is 59.1 Å². The summed E-state index contributed by atoms with van der Waals surface area (Å²) in [4.78, 5) is 24.3. The Labute approximate surface area is 221 Å². The summed E-state index contributed by atoms with van der Waals surface area (Å²) in [6, 6.07) is 12.4. The van der Waals surface area contributed by atoms with Gasteiger partial charge in [-0.25, -0.2) is 13.4 Å². The number of piperidine rings is 1. The second-order valence-corrected chi connectivity index (χ2v) is 13.4. The Hall–Kier alpha value is -2.08. The first-order valence-corrected chi connectivity index (χ1v) is 14.7. The van der Waals surface area contributed by atoms with Crippen molar-refractivity contribution in [2.45, 2.75) is 23.6 Å². The SMILES string of the molecule is O=C(C1CCN(S(=O)(=O)c2ccc(Cl)s2)CC1)N(Cc1cccnc1)c1nc2c(Cl)cccc2s1. The molecule has 1 fully saturated rings. The van der Waals surface area contributed by atoms with Crippen LogP contribution in [0.3, 0.4) is 0 Å². The third-order valence-electron chi connectivity index (χ3n) is 5.86. The monoisotopic (exact) mass is 566 g/mol. The lowest BCUT2D eigenvalue weighted by Gasteiger charge is -2.32. The van der Waals surface area contributed by atoms with Gasteiger partial charge in [0.25, 0.3) is 10.0 Å². The third kappa shape index (κ3) is 5.09. The number of anilines is 1. The number of carbonyl (C=O) groups excluding carboxylic acids is 1. The van der Waals surface area contributed by atoms with E-state index < -0.39 is 10.0 Å². The lowest BCUT2D eigenvalue weighted by molar-refractivity contribution is -0.123. The number of fused-ring (bicyclic) bond motifs is 1. The summed E-state index contributed by atoms with van der Waals surface area (Å²) < 4.78 is 28.9. The average molecular weight is 568 g/mol. The van der Waals surface area contributed by atoms with Crippen molar-refractivity contribution >= 4 is 77.2 Å². The number of halogens is 2. The molecule has 1 aromatic carbocycles. The Bertz CT molecular complexity index is 1470. The number of amides is 1. The van der Waals surface area contributed by atoms with E-state index in [-0.39, 0.29) is 29.1 Å². The molecule has 35 heavy (non-hydrogen) atoms. The number of thiazole rings is 1. The number of aromatic nitrogens is 2. The van der Waals surface area contributed by atoms with Crippen LogP contribution in [-0.2, 0) is 21.4 Å². The van der Waals surface area contributed by atoms with Crippen LogP contribution in [0, 0.1) is 5.92 Å². The van der Waals surface area contributed by atoms with Gasteiger partial charge in [-0.3, -0.25) is 14.7 Å². The summed E-state index contributed by atoms with van der Waals surface area (Å²) in [5.41, 5.74) is 1.54. The summed E-state index contributed by atoms with van der Waals surface area (Å²) >= 11 is 14.7. The van der Waals surface area contributed by atoms with Gasteiger partial charge in [-0.15, -0.1) is 11.3 Å². The molecule has 1 amide bonds. The Kier molecular flexibility index (Phi) is 7.11. The predicted octanol–water partition coefficient (Wildman–Crippen LogP) is 5.69. The number of sulfonamides is 1. The zero-order chi connectivity index (χ0) is 24.6. The number of para-hydroxylation sites is 1. The van der Waals surface area contributed by atoms with Gasteiger partial charge in [-0.05, 0) is 48.7 Å². The number of carbonyl (C=O) groups is 1. The van der Waals surface area contributed by atoms with Gasteiger partial charge in [0.1, 0.15) is 9.73 Å². The first kappa shape index (κ1) is 24.6. The number of nitrogens with zero attached hydrogens (tertiary/aromatic N) is 4. The van der Waals surface area contributed by atoms with Crippen LogP contribution in [0.1, 0.15) is 18.4 Å². The van der Waals surface area contributed by atoms with E-state index in [1.54, 1.807) is 29.4 Å². The Morgan fingerprint density at radius 3 is 2.54 bits per heavy atom. The van der Waals surface area contributed by atoms with E-state index in [0.29, 0.717) is 39.4 Å². The van der Waals surface area contributed by atoms with Crippen LogP contribution in [0.2, 0.25) is 9.36 Å². The summed E-state index contributed by atoms with van der Waals surface area (Å²) in [6.07, 6.45) is 4.25. The molecule has 7 nitrogen and oxygen atoms in total. The highest BCUT2D eigenvalue weighted by Gasteiger charge is 2.35. The third-order valence-corrected chi connectivity index (χ3v) is 10.8. The molecule has 1 aliphatic heterocycles. The van der Waals surface area contributed by atoms with Crippen molar-refractivity contribution in [3.8, 4) is 0 Å². The first-order valence-electron chi connectivity index (χ1n) is 10.8. The number of pyridine rings is 1. The van der Waals surface area contributed by atoms with Gasteiger partial charge in [0.05, 0.1) is 20.6 Å². The molecular formula is C23H20Cl2N4O3S3. The van der Waals surface area contributed by atoms with Gasteiger partial charge in [0.15, 0.2) is 5.13 Å². The van der Waals surface area contributed by atoms with Crippen LogP contribution in [0.4, 0.5) is 5.13 Å². The number of benzene rings is 1. The highest BCUT2D eigenvalue weighted by molar-refractivity contribution is 7.91. The minimum Gasteiger partial charge on any atom is -0.283 e. The summed E-state index contributed by atoms with van der Waals surface area (Å²) in [5.74, 6) is -0.409. The van der Waals surface area contributed by atoms with Crippen molar-refractivity contribution in [2.24, 2.45) is 5.92 Å². The Morgan fingerprint density at radius 1 is 1.09 bits per heavy atom. The van der Waals surface area contributed by atoms with Crippen LogP contribution < -0.4 is 4.90 Å². The zero-order valence-electron chi connectivity index (χ0n) is 18.3. The van der Waals surface area contributed by atoms with E-state index in [0.717, 1.165) is 21.6 Å². The quantitative estimate of drug-likeness (QED) is 0.299. The standard InChI is InChI=1S/C23H20Cl2N4O3S3/c24-17-4-1-5-18-21(17)27-23(33-18)29(14-15-3-2-10-26-13-15)22(30)16-8-11-28(12-9-16)35(31,32)20-7-6-19(25)34-20/h1-7,10,13,16H,8-9,11-12,14H2. The van der Waals surface area contributed by atoms with E-state index in [1.165, 1.54) is 21.7 Å². The Morgan fingerprint density at radius 2 is 1.89 bits per heavy atom. The largest absolute Gasteiger partial charge is 0.283 e. The van der Waals surface area contributed by atoms with Gasteiger partial charge < -0.3 is 0 Å². The van der Waals surface area contributed by atoms with Crippen LogP contribution in [0.25, 0.3) is 10.2 Å². The highest BCUT2D eigenvalue weighted by Crippen LogP contribution is 2.36. The van der Waals surface area contributed by atoms with Crippen molar-refractivity contribution < 1.29 is 13.2 Å². The predicted molar refractivity (Wildman–Crippen MR) is 141 cm³/mol. The zero-order valence-corrected chi connectivity index (χ0v) is 22.3. The van der Waals surface area contributed by atoms with Crippen LogP contribution in [0.5, 0.6) is 0 Å². The molecule has 0 atom stereocenters. The summed E-state index contributed by atoms with van der Waals surface area (Å²) in [6.45, 7) is 0.845. The lowest BCUT2D eigenvalue weighted by Crippen LogP contribution is -2.44. The average Bonchev–Trinajstić information content (AvgIpc) is 3.50. The molecule has 3 aromatic heterocycles. The lowest BCUT2D eigenvalue weighted by atomic mass is 9.96. The van der Waals surface area contributed by atoms with Gasteiger partial charge >= 0.3 is 0 Å². The van der Waals surface area contributed by atoms with E-state index >= 15 is 0 Å². The maximum absolute atomic E-state index is 13.8. The molecule has 5 rings (SSSR count). The molecule has 4 heterocycles. The van der Waals surface area contributed by atoms with Gasteiger partial charge in [-0.2, -0.15) is 4.31 Å². The van der Waals surface area contributed by atoms with E-state index in [4.69, 9.17) is 23.2 Å². The van der Waals surface area contributed by atoms with Crippen molar-refractivity contribution in [3.05, 3.63) is 69.8 Å². The molecule has 12 heteroatoms. The summed E-state index contributed by atoms with van der Waals surface area (Å²) in [5, 5.41) is 1.09. The molecule has 0 saturated carbocycles. The molecule has 0 N–H and O–H groups in total. The first-order chi connectivity index (χ1) is 16.8. The highest BCUT2D eigenvalue weighted by atomic mass is 35.5. The van der Waals surface area contributed by atoms with Gasteiger partial charge in [0, 0.05) is 31.4 Å². The van der Waals surface area contributed by atoms with Gasteiger partial charge in [0.2, 0.25) is 5.91 Å². The van der Waals surface area contributed by atoms with Crippen molar-refractivity contribution in [3.63, 3.8) is 0 Å². The van der Waals surface area contributed by atoms with Crippen molar-refractivity contribution in [1.82, 2.24) is 14.3 Å². The number of hydrogen-bond donors (Lipinski definition) is 0. The molecule has 4 aromatic rings. The second-order valence-electron chi connectivity index (χ2n) is 8.11. The fourth-order valence-electron chi connectivity index (χ4n) is 4.06. The normalized spacial score (nSPS) is 15.5. The van der Waals surface area contributed by atoms with Crippen molar-refractivity contribution in [1.29, 1.82) is 0 Å². The number of rotatable bonds is 6. The van der Waals surface area contributed by atoms with Crippen LogP contribution >= 0.6 is 45.9 Å². The van der Waals surface area contributed by atoms with Crippen molar-refractivity contribution in [2.75, 3.05) is 18.0 Å². The van der Waals surface area contributed by atoms with E-state index in [1.807, 2.05) is 24.3 Å². The molecule has 0 unspecified atom stereocenters. The molecule has 182 valence electrons. The number of thiophene rings is 1. The topological polar surface area (TPSA) is 83.5 Å². The fraction of sp³-hybridized carbons (Fsp3) is 0.261. The maximum Gasteiger partial charge on any atom is 0.252 e. The molecule has 1 saturated heterocycles. The molecular weight excluding hydrogens is 547 g/mol. The maximum atomic E-state index is 13.8. The molecule has 1 aliphatic rings.